The van der Waals surface area contributed by atoms with Crippen LogP contribution in [0.25, 0.3) is 11.0 Å². The Hall–Kier alpha value is -2.03. The predicted molar refractivity (Wildman–Crippen MR) is 63.5 cm³/mol. The van der Waals surface area contributed by atoms with Gasteiger partial charge in [0.15, 0.2) is 5.76 Å². The Bertz CT molecular complexity index is 540. The largest absolute Gasteiger partial charge is 0.451 e. The second-order valence-electron chi connectivity index (χ2n) is 3.65. The smallest absolute Gasteiger partial charge is 0.287 e. The van der Waals surface area contributed by atoms with Gasteiger partial charge in [-0.2, -0.15) is 0 Å². The van der Waals surface area contributed by atoms with Gasteiger partial charge in [-0.3, -0.25) is 4.79 Å². The van der Waals surface area contributed by atoms with E-state index in [1.807, 2.05) is 25.1 Å². The fourth-order valence-electron chi connectivity index (χ4n) is 1.53. The summed E-state index contributed by atoms with van der Waals surface area (Å²) in [5.74, 6) is 0.121. The Kier molecular flexibility index (Phi) is 2.77. The minimum absolute atomic E-state index is 0.214. The van der Waals surface area contributed by atoms with E-state index in [2.05, 4.69) is 11.9 Å². The van der Waals surface area contributed by atoms with Crippen LogP contribution in [-0.2, 0) is 0 Å². The second kappa shape index (κ2) is 4.23. The summed E-state index contributed by atoms with van der Waals surface area (Å²) in [5.41, 5.74) is 1.88. The van der Waals surface area contributed by atoms with Gasteiger partial charge in [0, 0.05) is 11.9 Å². The van der Waals surface area contributed by atoms with E-state index in [9.17, 15) is 4.79 Å². The van der Waals surface area contributed by atoms with Crippen LogP contribution in [0, 0.1) is 6.92 Å². The number of rotatable bonds is 3. The van der Waals surface area contributed by atoms with E-state index >= 15 is 0 Å². The summed E-state index contributed by atoms with van der Waals surface area (Å²) < 4.78 is 5.44. The van der Waals surface area contributed by atoms with Crippen LogP contribution in [0.1, 0.15) is 16.1 Å². The van der Waals surface area contributed by atoms with Crippen molar-refractivity contribution in [3.05, 3.63) is 48.2 Å². The molecule has 1 heterocycles. The number of amides is 1. The molecular weight excluding hydrogens is 202 g/mol. The second-order valence-corrected chi connectivity index (χ2v) is 3.65. The van der Waals surface area contributed by atoms with Gasteiger partial charge in [-0.15, -0.1) is 6.58 Å². The molecule has 1 amide bonds. The number of carbonyl (C=O) groups excluding carboxylic acids is 1. The zero-order valence-corrected chi connectivity index (χ0v) is 9.12. The van der Waals surface area contributed by atoms with Crippen LogP contribution in [0.5, 0.6) is 0 Å². The number of benzene rings is 1. The van der Waals surface area contributed by atoms with Gasteiger partial charge >= 0.3 is 0 Å². The molecule has 1 N–H and O–H groups in total. The van der Waals surface area contributed by atoms with Gasteiger partial charge in [0.25, 0.3) is 5.91 Å². The van der Waals surface area contributed by atoms with Gasteiger partial charge in [-0.1, -0.05) is 17.7 Å². The van der Waals surface area contributed by atoms with Crippen molar-refractivity contribution in [3.63, 3.8) is 0 Å². The van der Waals surface area contributed by atoms with Crippen molar-refractivity contribution in [1.29, 1.82) is 0 Å². The molecule has 0 aliphatic heterocycles. The number of carbonyl (C=O) groups is 1. The number of nitrogens with one attached hydrogen (secondary N) is 1. The van der Waals surface area contributed by atoms with E-state index in [0.29, 0.717) is 12.3 Å². The number of hydrogen-bond donors (Lipinski definition) is 1. The molecule has 1 aromatic carbocycles. The third-order valence-corrected chi connectivity index (χ3v) is 2.30. The first kappa shape index (κ1) is 10.5. The van der Waals surface area contributed by atoms with Gasteiger partial charge in [0.2, 0.25) is 0 Å². The highest BCUT2D eigenvalue weighted by Gasteiger charge is 2.10. The monoisotopic (exact) mass is 215 g/mol. The Morgan fingerprint density at radius 2 is 2.31 bits per heavy atom. The molecule has 0 bridgehead atoms. The zero-order valence-electron chi connectivity index (χ0n) is 9.12. The quantitative estimate of drug-likeness (QED) is 0.800. The maximum atomic E-state index is 11.6. The molecule has 0 radical (unpaired) electrons. The molecule has 16 heavy (non-hydrogen) atoms. The van der Waals surface area contributed by atoms with Gasteiger partial charge in [0.05, 0.1) is 0 Å². The standard InChI is InChI=1S/C13H13NO2/c1-3-6-14-13(15)12-8-10-7-9(2)4-5-11(10)16-12/h3-5,7-8H,1,6H2,2H3,(H,14,15). The molecule has 82 valence electrons. The van der Waals surface area contributed by atoms with E-state index in [1.165, 1.54) is 0 Å². The Balaban J connectivity index is 2.32. The Morgan fingerprint density at radius 1 is 1.50 bits per heavy atom. The summed E-state index contributed by atoms with van der Waals surface area (Å²) in [6.45, 7) is 5.98. The first-order valence-corrected chi connectivity index (χ1v) is 5.10. The topological polar surface area (TPSA) is 42.2 Å². The molecule has 0 fully saturated rings. The molecule has 0 saturated carbocycles. The lowest BCUT2D eigenvalue weighted by atomic mass is 10.2. The molecule has 3 nitrogen and oxygen atoms in total. The lowest BCUT2D eigenvalue weighted by Crippen LogP contribution is -2.22. The molecule has 2 rings (SSSR count). The third-order valence-electron chi connectivity index (χ3n) is 2.30. The van der Waals surface area contributed by atoms with Crippen LogP contribution in [0.15, 0.2) is 41.3 Å². The summed E-state index contributed by atoms with van der Waals surface area (Å²) in [4.78, 5) is 11.6. The number of aryl methyl sites for hydroxylation is 1. The number of fused-ring (bicyclic) bond motifs is 1. The lowest BCUT2D eigenvalue weighted by Gasteiger charge is -1.96. The molecule has 1 aromatic heterocycles. The highest BCUT2D eigenvalue weighted by Crippen LogP contribution is 2.20. The molecule has 0 unspecified atom stereocenters. The van der Waals surface area contributed by atoms with E-state index in [0.717, 1.165) is 16.5 Å². The fourth-order valence-corrected chi connectivity index (χ4v) is 1.53. The minimum atomic E-state index is -0.214. The van der Waals surface area contributed by atoms with Gasteiger partial charge in [-0.25, -0.2) is 0 Å². The number of furan rings is 1. The van der Waals surface area contributed by atoms with Crippen LogP contribution in [-0.4, -0.2) is 12.5 Å². The molecule has 2 aromatic rings. The maximum Gasteiger partial charge on any atom is 0.287 e. The van der Waals surface area contributed by atoms with Crippen molar-refractivity contribution in [2.24, 2.45) is 0 Å². The molecule has 0 atom stereocenters. The van der Waals surface area contributed by atoms with Crippen LogP contribution >= 0.6 is 0 Å². The van der Waals surface area contributed by atoms with Crippen LogP contribution < -0.4 is 5.32 Å². The highest BCUT2D eigenvalue weighted by molar-refractivity contribution is 5.96. The average molecular weight is 215 g/mol. The summed E-state index contributed by atoms with van der Waals surface area (Å²) >= 11 is 0. The maximum absolute atomic E-state index is 11.6. The van der Waals surface area contributed by atoms with Crippen molar-refractivity contribution < 1.29 is 9.21 Å². The highest BCUT2D eigenvalue weighted by atomic mass is 16.3. The van der Waals surface area contributed by atoms with Crippen molar-refractivity contribution in [3.8, 4) is 0 Å². The van der Waals surface area contributed by atoms with E-state index in [-0.39, 0.29) is 5.91 Å². The molecule has 0 aliphatic rings. The van der Waals surface area contributed by atoms with Gasteiger partial charge in [0.1, 0.15) is 5.58 Å². The summed E-state index contributed by atoms with van der Waals surface area (Å²) in [5, 5.41) is 3.62. The molecular formula is C13H13NO2. The van der Waals surface area contributed by atoms with E-state index < -0.39 is 0 Å². The summed E-state index contributed by atoms with van der Waals surface area (Å²) in [6.07, 6.45) is 1.63. The molecule has 3 heteroatoms. The van der Waals surface area contributed by atoms with Crippen LogP contribution in [0.2, 0.25) is 0 Å². The SMILES string of the molecule is C=CCNC(=O)c1cc2cc(C)ccc2o1. The lowest BCUT2D eigenvalue weighted by molar-refractivity contribution is 0.0932. The Morgan fingerprint density at radius 3 is 3.06 bits per heavy atom. The van der Waals surface area contributed by atoms with Gasteiger partial charge < -0.3 is 9.73 Å². The molecule has 0 spiro atoms. The summed E-state index contributed by atoms with van der Waals surface area (Å²) in [6, 6.07) is 7.57. The van der Waals surface area contributed by atoms with Crippen molar-refractivity contribution in [1.82, 2.24) is 5.32 Å². The predicted octanol–water partition coefficient (Wildman–Crippen LogP) is 2.66. The van der Waals surface area contributed by atoms with Crippen molar-refractivity contribution >= 4 is 16.9 Å². The average Bonchev–Trinajstić information content (AvgIpc) is 2.68. The number of hydrogen-bond acceptors (Lipinski definition) is 2. The minimum Gasteiger partial charge on any atom is -0.451 e. The molecule has 0 aliphatic carbocycles. The van der Waals surface area contributed by atoms with Crippen LogP contribution in [0.3, 0.4) is 0 Å². The van der Waals surface area contributed by atoms with Crippen LogP contribution in [0.4, 0.5) is 0 Å². The third kappa shape index (κ3) is 1.98. The summed E-state index contributed by atoms with van der Waals surface area (Å²) in [7, 11) is 0. The van der Waals surface area contributed by atoms with Crippen molar-refractivity contribution in [2.75, 3.05) is 6.54 Å². The first-order chi connectivity index (χ1) is 7.70. The van der Waals surface area contributed by atoms with E-state index in [4.69, 9.17) is 4.42 Å². The van der Waals surface area contributed by atoms with E-state index in [1.54, 1.807) is 12.1 Å². The normalized spacial score (nSPS) is 10.3. The first-order valence-electron chi connectivity index (χ1n) is 5.10. The molecule has 0 saturated heterocycles. The fraction of sp³-hybridized carbons (Fsp3) is 0.154. The zero-order chi connectivity index (χ0) is 11.5. The van der Waals surface area contributed by atoms with Crippen molar-refractivity contribution in [2.45, 2.75) is 6.92 Å². The Labute approximate surface area is 93.8 Å². The van der Waals surface area contributed by atoms with Gasteiger partial charge in [-0.05, 0) is 25.1 Å².